The van der Waals surface area contributed by atoms with Crippen molar-refractivity contribution < 1.29 is 14.2 Å². The van der Waals surface area contributed by atoms with Crippen LogP contribution in [0.2, 0.25) is 0 Å². The van der Waals surface area contributed by atoms with E-state index in [1.165, 1.54) is 0 Å². The maximum Gasteiger partial charge on any atom is 0.164 e. The van der Waals surface area contributed by atoms with Gasteiger partial charge in [0.15, 0.2) is 5.79 Å². The number of ether oxygens (including phenoxy) is 3. The molecule has 0 radical (unpaired) electrons. The number of rotatable bonds is 2. The average Bonchev–Trinajstić information content (AvgIpc) is 2.57. The van der Waals surface area contributed by atoms with Gasteiger partial charge in [0, 0.05) is 13.7 Å². The fourth-order valence-electron chi connectivity index (χ4n) is 2.10. The molecule has 3 unspecified atom stereocenters. The second-order valence-corrected chi connectivity index (χ2v) is 4.17. The van der Waals surface area contributed by atoms with E-state index in [0.717, 1.165) is 5.57 Å². The van der Waals surface area contributed by atoms with Crippen LogP contribution in [0, 0.1) is 0 Å². The maximum absolute atomic E-state index is 5.76. The predicted molar refractivity (Wildman–Crippen MR) is 51.8 cm³/mol. The largest absolute Gasteiger partial charge is 0.375 e. The van der Waals surface area contributed by atoms with Crippen molar-refractivity contribution >= 4 is 0 Å². The Morgan fingerprint density at radius 3 is 2.79 bits per heavy atom. The van der Waals surface area contributed by atoms with Crippen molar-refractivity contribution in [3.63, 3.8) is 0 Å². The van der Waals surface area contributed by atoms with E-state index in [-0.39, 0.29) is 18.3 Å². The molecular weight excluding hydrogens is 182 g/mol. The molecule has 1 saturated heterocycles. The fraction of sp³-hybridized carbons (Fsp3) is 0.800. The summed E-state index contributed by atoms with van der Waals surface area (Å²) >= 11 is 0. The molecule has 0 aromatic rings. The number of methoxy groups -OCH3 is 1. The van der Waals surface area contributed by atoms with Gasteiger partial charge >= 0.3 is 0 Å². The lowest BCUT2D eigenvalue weighted by molar-refractivity contribution is -0.154. The molecule has 2 aliphatic rings. The van der Waals surface area contributed by atoms with E-state index < -0.39 is 5.79 Å². The normalized spacial score (nSPS) is 39.7. The summed E-state index contributed by atoms with van der Waals surface area (Å²) in [6.45, 7) is 4.32. The van der Waals surface area contributed by atoms with Gasteiger partial charge < -0.3 is 19.9 Å². The van der Waals surface area contributed by atoms with Gasteiger partial charge in [-0.05, 0) is 19.4 Å². The van der Waals surface area contributed by atoms with Crippen molar-refractivity contribution in [2.45, 2.75) is 37.9 Å². The van der Waals surface area contributed by atoms with Crippen LogP contribution in [0.1, 0.15) is 13.8 Å². The zero-order valence-electron chi connectivity index (χ0n) is 8.82. The lowest BCUT2D eigenvalue weighted by atomic mass is 10.1. The second kappa shape index (κ2) is 3.31. The topological polar surface area (TPSA) is 53.7 Å². The quantitative estimate of drug-likeness (QED) is 0.655. The molecule has 0 amide bonds. The third-order valence-electron chi connectivity index (χ3n) is 2.70. The average molecular weight is 199 g/mol. The molecule has 1 fully saturated rings. The van der Waals surface area contributed by atoms with Gasteiger partial charge in [0.1, 0.15) is 18.3 Å². The number of nitrogens with two attached hydrogens (primary N) is 1. The van der Waals surface area contributed by atoms with Crippen molar-refractivity contribution in [3.05, 3.63) is 11.6 Å². The molecule has 0 saturated carbocycles. The molecule has 4 nitrogen and oxygen atoms in total. The number of hydrogen-bond donors (Lipinski definition) is 1. The van der Waals surface area contributed by atoms with E-state index in [0.29, 0.717) is 6.54 Å². The first-order chi connectivity index (χ1) is 6.57. The zero-order valence-corrected chi connectivity index (χ0v) is 8.82. The summed E-state index contributed by atoms with van der Waals surface area (Å²) in [5.41, 5.74) is 6.71. The van der Waals surface area contributed by atoms with Crippen LogP contribution in [0.3, 0.4) is 0 Å². The van der Waals surface area contributed by atoms with Crippen LogP contribution in [-0.4, -0.2) is 37.8 Å². The van der Waals surface area contributed by atoms with E-state index in [1.807, 2.05) is 19.9 Å². The molecule has 0 spiro atoms. The van der Waals surface area contributed by atoms with Crippen molar-refractivity contribution in [1.82, 2.24) is 0 Å². The van der Waals surface area contributed by atoms with Crippen molar-refractivity contribution in [2.24, 2.45) is 5.73 Å². The second-order valence-electron chi connectivity index (χ2n) is 4.17. The van der Waals surface area contributed by atoms with Gasteiger partial charge in [-0.25, -0.2) is 0 Å². The first-order valence-electron chi connectivity index (χ1n) is 4.86. The lowest BCUT2D eigenvalue weighted by Crippen LogP contribution is -2.31. The zero-order chi connectivity index (χ0) is 10.3. The highest BCUT2D eigenvalue weighted by atomic mass is 16.8. The highest BCUT2D eigenvalue weighted by molar-refractivity contribution is 5.25. The fourth-order valence-corrected chi connectivity index (χ4v) is 2.10. The standard InChI is InChI=1S/C10H17NO3/c1-10(2)13-8-6(5-11)4-7(12-3)9(8)14-10/h4,7-9H,5,11H2,1-3H3. The molecule has 1 heterocycles. The van der Waals surface area contributed by atoms with Gasteiger partial charge in [-0.2, -0.15) is 0 Å². The summed E-state index contributed by atoms with van der Waals surface area (Å²) < 4.78 is 16.8. The van der Waals surface area contributed by atoms with Gasteiger partial charge in [0.2, 0.25) is 0 Å². The first kappa shape index (κ1) is 10.1. The molecular formula is C10H17NO3. The Morgan fingerprint density at radius 2 is 2.21 bits per heavy atom. The Hall–Kier alpha value is -0.420. The van der Waals surface area contributed by atoms with Crippen LogP contribution in [0.25, 0.3) is 0 Å². The summed E-state index contributed by atoms with van der Waals surface area (Å²) in [6, 6.07) is 0. The third-order valence-corrected chi connectivity index (χ3v) is 2.70. The van der Waals surface area contributed by atoms with Gasteiger partial charge in [-0.1, -0.05) is 6.08 Å². The smallest absolute Gasteiger partial charge is 0.164 e. The van der Waals surface area contributed by atoms with E-state index in [2.05, 4.69) is 0 Å². The minimum Gasteiger partial charge on any atom is -0.375 e. The summed E-state index contributed by atoms with van der Waals surface area (Å²) in [7, 11) is 1.67. The Kier molecular flexibility index (Phi) is 2.39. The summed E-state index contributed by atoms with van der Waals surface area (Å²) in [5, 5.41) is 0. The van der Waals surface area contributed by atoms with Crippen LogP contribution in [-0.2, 0) is 14.2 Å². The molecule has 2 N–H and O–H groups in total. The first-order valence-corrected chi connectivity index (χ1v) is 4.86. The van der Waals surface area contributed by atoms with Crippen LogP contribution >= 0.6 is 0 Å². The Bertz CT molecular complexity index is 262. The molecule has 80 valence electrons. The molecule has 0 bridgehead atoms. The molecule has 0 aromatic carbocycles. The van der Waals surface area contributed by atoms with Crippen LogP contribution in [0.4, 0.5) is 0 Å². The van der Waals surface area contributed by atoms with E-state index in [9.17, 15) is 0 Å². The molecule has 3 atom stereocenters. The van der Waals surface area contributed by atoms with E-state index in [1.54, 1.807) is 7.11 Å². The third kappa shape index (κ3) is 1.48. The molecule has 1 aliphatic carbocycles. The highest BCUT2D eigenvalue weighted by Crippen LogP contribution is 2.38. The maximum atomic E-state index is 5.76. The number of fused-ring (bicyclic) bond motifs is 1. The van der Waals surface area contributed by atoms with Gasteiger partial charge in [-0.3, -0.25) is 0 Å². The SMILES string of the molecule is COC1C=C(CN)C2OC(C)(C)OC12. The summed E-state index contributed by atoms with van der Waals surface area (Å²) in [6.07, 6.45) is 1.92. The molecule has 14 heavy (non-hydrogen) atoms. The monoisotopic (exact) mass is 199 g/mol. The van der Waals surface area contributed by atoms with Gasteiger partial charge in [-0.15, -0.1) is 0 Å². The lowest BCUT2D eigenvalue weighted by Gasteiger charge is -2.19. The van der Waals surface area contributed by atoms with Gasteiger partial charge in [0.05, 0.1) is 0 Å². The Balaban J connectivity index is 2.19. The molecule has 1 aliphatic heterocycles. The Labute approximate surface area is 84.0 Å². The highest BCUT2D eigenvalue weighted by Gasteiger charge is 2.49. The summed E-state index contributed by atoms with van der Waals surface area (Å²) in [5.74, 6) is -0.527. The predicted octanol–water partition coefficient (Wildman–Crippen LogP) is 0.420. The minimum atomic E-state index is -0.527. The van der Waals surface area contributed by atoms with Crippen molar-refractivity contribution in [3.8, 4) is 0 Å². The summed E-state index contributed by atoms with van der Waals surface area (Å²) in [4.78, 5) is 0. The number of hydrogen-bond acceptors (Lipinski definition) is 4. The van der Waals surface area contributed by atoms with Crippen molar-refractivity contribution in [2.75, 3.05) is 13.7 Å². The minimum absolute atomic E-state index is 0.0275. The van der Waals surface area contributed by atoms with Crippen LogP contribution in [0.5, 0.6) is 0 Å². The molecule has 0 aromatic heterocycles. The molecule has 4 heteroatoms. The van der Waals surface area contributed by atoms with Gasteiger partial charge in [0.25, 0.3) is 0 Å². The van der Waals surface area contributed by atoms with Crippen LogP contribution in [0.15, 0.2) is 11.6 Å². The van der Waals surface area contributed by atoms with E-state index in [4.69, 9.17) is 19.9 Å². The van der Waals surface area contributed by atoms with Crippen molar-refractivity contribution in [1.29, 1.82) is 0 Å². The molecule has 2 rings (SSSR count). The Morgan fingerprint density at radius 1 is 1.50 bits per heavy atom. The van der Waals surface area contributed by atoms with E-state index >= 15 is 0 Å². The van der Waals surface area contributed by atoms with Crippen LogP contribution < -0.4 is 5.73 Å².